The first kappa shape index (κ1) is 9.68. The lowest BCUT2D eigenvalue weighted by atomic mass is 9.94. The Hall–Kier alpha value is -0.870. The third-order valence-corrected chi connectivity index (χ3v) is 3.53. The molecule has 0 spiro atoms. The standard InChI is InChI=1S/C10H11BrN2O/c1-5-7(11)4-3-6-8(5)13-9(14)10(6,2)12/h3-4H,12H2,1-2H3,(H,13,14). The predicted molar refractivity (Wildman–Crippen MR) is 59.0 cm³/mol. The first-order valence-electron chi connectivity index (χ1n) is 4.34. The summed E-state index contributed by atoms with van der Waals surface area (Å²) in [7, 11) is 0. The van der Waals surface area contributed by atoms with Gasteiger partial charge in [-0.25, -0.2) is 0 Å². The van der Waals surface area contributed by atoms with Gasteiger partial charge in [0.1, 0.15) is 5.54 Å². The fourth-order valence-electron chi connectivity index (χ4n) is 1.65. The van der Waals surface area contributed by atoms with Crippen LogP contribution in [0.5, 0.6) is 0 Å². The van der Waals surface area contributed by atoms with Crippen LogP contribution in [0, 0.1) is 6.92 Å². The Morgan fingerprint density at radius 2 is 2.14 bits per heavy atom. The van der Waals surface area contributed by atoms with E-state index in [1.165, 1.54) is 0 Å². The summed E-state index contributed by atoms with van der Waals surface area (Å²) in [6.07, 6.45) is 0. The number of fused-ring (bicyclic) bond motifs is 1. The maximum atomic E-state index is 11.6. The van der Waals surface area contributed by atoms with E-state index in [0.717, 1.165) is 21.3 Å². The molecule has 2 rings (SSSR count). The highest BCUT2D eigenvalue weighted by Crippen LogP contribution is 2.38. The summed E-state index contributed by atoms with van der Waals surface area (Å²) in [5.74, 6) is -0.145. The number of hydrogen-bond acceptors (Lipinski definition) is 2. The number of carbonyl (C=O) groups is 1. The van der Waals surface area contributed by atoms with Crippen molar-refractivity contribution >= 4 is 27.5 Å². The Bertz CT molecular complexity index is 426. The molecular weight excluding hydrogens is 244 g/mol. The molecule has 4 heteroatoms. The van der Waals surface area contributed by atoms with Crippen LogP contribution >= 0.6 is 15.9 Å². The molecule has 74 valence electrons. The Labute approximate surface area is 90.8 Å². The second-order valence-corrected chi connectivity index (χ2v) is 4.61. The predicted octanol–water partition coefficient (Wildman–Crippen LogP) is 1.88. The molecule has 0 fully saturated rings. The fourth-order valence-corrected chi connectivity index (χ4v) is 1.98. The quantitative estimate of drug-likeness (QED) is 0.743. The number of nitrogens with two attached hydrogens (primary N) is 1. The molecule has 3 N–H and O–H groups in total. The summed E-state index contributed by atoms with van der Waals surface area (Å²) in [6.45, 7) is 3.67. The van der Waals surface area contributed by atoms with Gasteiger partial charge in [-0.2, -0.15) is 0 Å². The largest absolute Gasteiger partial charge is 0.324 e. The van der Waals surface area contributed by atoms with Crippen LogP contribution in [0.25, 0.3) is 0 Å². The number of hydrogen-bond donors (Lipinski definition) is 2. The molecule has 1 aromatic rings. The lowest BCUT2D eigenvalue weighted by molar-refractivity contribution is -0.120. The van der Waals surface area contributed by atoms with E-state index in [-0.39, 0.29) is 5.91 Å². The molecule has 0 saturated carbocycles. The average molecular weight is 255 g/mol. The maximum Gasteiger partial charge on any atom is 0.248 e. The molecule has 0 radical (unpaired) electrons. The lowest BCUT2D eigenvalue weighted by Gasteiger charge is -2.15. The molecule has 0 bridgehead atoms. The zero-order valence-corrected chi connectivity index (χ0v) is 9.60. The van der Waals surface area contributed by atoms with Crippen LogP contribution in [0.15, 0.2) is 16.6 Å². The molecule has 1 aromatic carbocycles. The number of rotatable bonds is 0. The lowest BCUT2D eigenvalue weighted by Crippen LogP contribution is -2.40. The van der Waals surface area contributed by atoms with Gasteiger partial charge in [0, 0.05) is 10.0 Å². The van der Waals surface area contributed by atoms with Gasteiger partial charge in [-0.15, -0.1) is 0 Å². The molecule has 14 heavy (non-hydrogen) atoms. The average Bonchev–Trinajstić information content (AvgIpc) is 2.33. The molecule has 1 aliphatic heterocycles. The van der Waals surface area contributed by atoms with E-state index in [9.17, 15) is 4.79 Å². The molecule has 0 aromatic heterocycles. The topological polar surface area (TPSA) is 55.1 Å². The number of halogens is 1. The van der Waals surface area contributed by atoms with Gasteiger partial charge in [0.25, 0.3) is 0 Å². The molecule has 1 atom stereocenters. The van der Waals surface area contributed by atoms with Gasteiger partial charge in [-0.1, -0.05) is 22.0 Å². The van der Waals surface area contributed by atoms with E-state index in [1.807, 2.05) is 19.1 Å². The van der Waals surface area contributed by atoms with Gasteiger partial charge in [-0.05, 0) is 25.5 Å². The Morgan fingerprint density at radius 3 is 2.79 bits per heavy atom. The minimum atomic E-state index is -0.902. The van der Waals surface area contributed by atoms with Crippen molar-refractivity contribution in [1.82, 2.24) is 0 Å². The highest BCUT2D eigenvalue weighted by Gasteiger charge is 2.39. The van der Waals surface area contributed by atoms with Crippen LogP contribution in [-0.4, -0.2) is 5.91 Å². The molecule has 0 aliphatic carbocycles. The first-order chi connectivity index (χ1) is 6.44. The minimum absolute atomic E-state index is 0.145. The molecular formula is C10H11BrN2O. The molecule has 1 amide bonds. The number of carbonyl (C=O) groups excluding carboxylic acids is 1. The van der Waals surface area contributed by atoms with E-state index in [2.05, 4.69) is 21.2 Å². The van der Waals surface area contributed by atoms with Crippen molar-refractivity contribution in [3.63, 3.8) is 0 Å². The van der Waals surface area contributed by atoms with Crippen molar-refractivity contribution in [3.8, 4) is 0 Å². The van der Waals surface area contributed by atoms with Crippen LogP contribution < -0.4 is 11.1 Å². The monoisotopic (exact) mass is 254 g/mol. The van der Waals surface area contributed by atoms with E-state index in [1.54, 1.807) is 6.92 Å². The van der Waals surface area contributed by atoms with Crippen LogP contribution in [0.2, 0.25) is 0 Å². The van der Waals surface area contributed by atoms with Gasteiger partial charge in [0.15, 0.2) is 0 Å². The number of nitrogens with one attached hydrogen (secondary N) is 1. The number of amides is 1. The fraction of sp³-hybridized carbons (Fsp3) is 0.300. The smallest absolute Gasteiger partial charge is 0.248 e. The van der Waals surface area contributed by atoms with Gasteiger partial charge in [0.05, 0.1) is 5.69 Å². The van der Waals surface area contributed by atoms with Crippen molar-refractivity contribution in [2.45, 2.75) is 19.4 Å². The molecule has 1 aliphatic rings. The van der Waals surface area contributed by atoms with Crippen molar-refractivity contribution in [2.75, 3.05) is 5.32 Å². The third kappa shape index (κ3) is 1.11. The summed E-state index contributed by atoms with van der Waals surface area (Å²) >= 11 is 3.41. The van der Waals surface area contributed by atoms with Crippen molar-refractivity contribution < 1.29 is 4.79 Å². The van der Waals surface area contributed by atoms with Crippen LogP contribution in [-0.2, 0) is 10.3 Å². The normalized spacial score (nSPS) is 24.7. The zero-order chi connectivity index (χ0) is 10.5. The third-order valence-electron chi connectivity index (χ3n) is 2.67. The van der Waals surface area contributed by atoms with Crippen LogP contribution in [0.1, 0.15) is 18.1 Å². The van der Waals surface area contributed by atoms with Crippen LogP contribution in [0.4, 0.5) is 5.69 Å². The SMILES string of the molecule is Cc1c(Br)ccc2c1NC(=O)C2(C)N. The van der Waals surface area contributed by atoms with Gasteiger partial charge in [0.2, 0.25) is 5.91 Å². The van der Waals surface area contributed by atoms with Crippen molar-refractivity contribution in [1.29, 1.82) is 0 Å². The molecule has 3 nitrogen and oxygen atoms in total. The minimum Gasteiger partial charge on any atom is -0.324 e. The summed E-state index contributed by atoms with van der Waals surface area (Å²) in [4.78, 5) is 11.6. The summed E-state index contributed by atoms with van der Waals surface area (Å²) in [5.41, 5.74) is 7.75. The summed E-state index contributed by atoms with van der Waals surface area (Å²) in [5, 5.41) is 2.80. The first-order valence-corrected chi connectivity index (χ1v) is 5.14. The van der Waals surface area contributed by atoms with E-state index >= 15 is 0 Å². The second kappa shape index (κ2) is 2.81. The highest BCUT2D eigenvalue weighted by molar-refractivity contribution is 9.10. The number of anilines is 1. The van der Waals surface area contributed by atoms with Gasteiger partial charge >= 0.3 is 0 Å². The Morgan fingerprint density at radius 1 is 1.50 bits per heavy atom. The molecule has 0 saturated heterocycles. The number of benzene rings is 1. The zero-order valence-electron chi connectivity index (χ0n) is 8.02. The van der Waals surface area contributed by atoms with E-state index in [0.29, 0.717) is 0 Å². The highest BCUT2D eigenvalue weighted by atomic mass is 79.9. The second-order valence-electron chi connectivity index (χ2n) is 3.75. The van der Waals surface area contributed by atoms with E-state index in [4.69, 9.17) is 5.73 Å². The van der Waals surface area contributed by atoms with Crippen molar-refractivity contribution in [2.24, 2.45) is 5.73 Å². The van der Waals surface area contributed by atoms with Crippen LogP contribution in [0.3, 0.4) is 0 Å². The summed E-state index contributed by atoms with van der Waals surface area (Å²) < 4.78 is 0.981. The maximum absolute atomic E-state index is 11.6. The Kier molecular flexibility index (Phi) is 1.94. The van der Waals surface area contributed by atoms with Gasteiger partial charge in [-0.3, -0.25) is 4.79 Å². The van der Waals surface area contributed by atoms with E-state index < -0.39 is 5.54 Å². The Balaban J connectivity index is 2.70. The van der Waals surface area contributed by atoms with Gasteiger partial charge < -0.3 is 11.1 Å². The van der Waals surface area contributed by atoms with Crippen molar-refractivity contribution in [3.05, 3.63) is 27.7 Å². The molecule has 1 heterocycles. The summed E-state index contributed by atoms with van der Waals surface area (Å²) in [6, 6.07) is 3.80. The molecule has 1 unspecified atom stereocenters.